The van der Waals surface area contributed by atoms with Gasteiger partial charge in [0.1, 0.15) is 16.6 Å². The Kier molecular flexibility index (Phi) is 5.39. The van der Waals surface area contributed by atoms with Gasteiger partial charge < -0.3 is 10.1 Å². The Morgan fingerprint density at radius 3 is 2.53 bits per heavy atom. The molecule has 32 heavy (non-hydrogen) atoms. The number of carbonyl (C=O) groups excluding carboxylic acids is 1. The number of thiazole rings is 1. The fourth-order valence-corrected chi connectivity index (χ4v) is 4.34. The second-order valence-electron chi connectivity index (χ2n) is 7.27. The van der Waals surface area contributed by atoms with Crippen molar-refractivity contribution in [2.75, 3.05) is 11.9 Å². The molecule has 2 aromatic heterocycles. The molecule has 6 nitrogen and oxygen atoms in total. The zero-order valence-corrected chi connectivity index (χ0v) is 18.2. The van der Waals surface area contributed by atoms with Gasteiger partial charge in [-0.05, 0) is 55.5 Å². The minimum Gasteiger partial charge on any atom is -0.484 e. The Morgan fingerprint density at radius 2 is 1.75 bits per heavy atom. The van der Waals surface area contributed by atoms with Crippen molar-refractivity contribution >= 4 is 33.3 Å². The highest BCUT2D eigenvalue weighted by Gasteiger charge is 2.12. The van der Waals surface area contributed by atoms with Crippen molar-refractivity contribution in [2.45, 2.75) is 6.92 Å². The van der Waals surface area contributed by atoms with Crippen molar-refractivity contribution in [1.82, 2.24) is 14.8 Å². The van der Waals surface area contributed by atoms with Crippen molar-refractivity contribution in [3.8, 4) is 22.0 Å². The highest BCUT2D eigenvalue weighted by Crippen LogP contribution is 2.30. The van der Waals surface area contributed by atoms with Crippen LogP contribution in [0.2, 0.25) is 0 Å². The zero-order valence-electron chi connectivity index (χ0n) is 17.4. The molecule has 0 unspecified atom stereocenters. The average Bonchev–Trinajstić information content (AvgIpc) is 3.42. The third kappa shape index (κ3) is 4.24. The third-order valence-corrected chi connectivity index (χ3v) is 5.95. The number of amides is 1. The minimum atomic E-state index is -0.252. The molecule has 7 heteroatoms. The van der Waals surface area contributed by atoms with E-state index in [9.17, 15) is 4.79 Å². The number of aryl methyl sites for hydroxylation is 1. The van der Waals surface area contributed by atoms with Crippen LogP contribution in [0.3, 0.4) is 0 Å². The Hall–Kier alpha value is -3.97. The number of benzene rings is 3. The SMILES string of the molecule is Cc1cc(NC(=O)COc2ccc(-c3nc4ccccc4s3)cc2)n(-c2ccccc2)n1. The van der Waals surface area contributed by atoms with Gasteiger partial charge in [0.2, 0.25) is 0 Å². The minimum absolute atomic E-state index is 0.0977. The van der Waals surface area contributed by atoms with Gasteiger partial charge in [0, 0.05) is 11.6 Å². The Balaban J connectivity index is 1.23. The first-order valence-electron chi connectivity index (χ1n) is 10.2. The van der Waals surface area contributed by atoms with Gasteiger partial charge >= 0.3 is 0 Å². The van der Waals surface area contributed by atoms with E-state index in [1.165, 1.54) is 0 Å². The van der Waals surface area contributed by atoms with Crippen LogP contribution in [0.4, 0.5) is 5.82 Å². The predicted octanol–water partition coefficient (Wildman–Crippen LogP) is 5.47. The number of anilines is 1. The molecule has 0 aliphatic rings. The van der Waals surface area contributed by atoms with Crippen LogP contribution in [-0.4, -0.2) is 27.3 Å². The molecule has 158 valence electrons. The summed E-state index contributed by atoms with van der Waals surface area (Å²) in [6.45, 7) is 1.79. The molecule has 0 fully saturated rings. The first kappa shape index (κ1) is 20.0. The van der Waals surface area contributed by atoms with Crippen molar-refractivity contribution < 1.29 is 9.53 Å². The van der Waals surface area contributed by atoms with E-state index in [-0.39, 0.29) is 12.5 Å². The summed E-state index contributed by atoms with van der Waals surface area (Å²) in [6.07, 6.45) is 0. The molecule has 0 spiro atoms. The van der Waals surface area contributed by atoms with Crippen LogP contribution in [0, 0.1) is 6.92 Å². The monoisotopic (exact) mass is 440 g/mol. The van der Waals surface area contributed by atoms with Crippen molar-refractivity contribution in [3.63, 3.8) is 0 Å². The van der Waals surface area contributed by atoms with Gasteiger partial charge in [-0.1, -0.05) is 30.3 Å². The van der Waals surface area contributed by atoms with Crippen LogP contribution in [0.5, 0.6) is 5.75 Å². The maximum absolute atomic E-state index is 12.5. The normalized spacial score (nSPS) is 10.9. The average molecular weight is 441 g/mol. The number of para-hydroxylation sites is 2. The van der Waals surface area contributed by atoms with Gasteiger partial charge in [0.15, 0.2) is 6.61 Å². The second kappa shape index (κ2) is 8.64. The summed E-state index contributed by atoms with van der Waals surface area (Å²) in [5.74, 6) is 0.976. The van der Waals surface area contributed by atoms with Crippen LogP contribution < -0.4 is 10.1 Å². The van der Waals surface area contributed by atoms with Crippen LogP contribution in [0.25, 0.3) is 26.5 Å². The summed E-state index contributed by atoms with van der Waals surface area (Å²) in [6, 6.07) is 27.2. The summed E-state index contributed by atoms with van der Waals surface area (Å²) in [5, 5.41) is 8.30. The zero-order chi connectivity index (χ0) is 21.9. The number of nitrogens with one attached hydrogen (secondary N) is 1. The standard InChI is InChI=1S/C25H20N4O2S/c1-17-15-23(29(28-17)19-7-3-2-4-8-19)27-24(30)16-31-20-13-11-18(12-14-20)25-26-21-9-5-6-10-22(21)32-25/h2-15H,16H2,1H3,(H,27,30). The van der Waals surface area contributed by atoms with E-state index < -0.39 is 0 Å². The molecule has 0 saturated carbocycles. The maximum Gasteiger partial charge on any atom is 0.263 e. The number of hydrogen-bond acceptors (Lipinski definition) is 5. The molecule has 0 bridgehead atoms. The number of rotatable bonds is 6. The first-order chi connectivity index (χ1) is 15.7. The molecule has 1 N–H and O–H groups in total. The van der Waals surface area contributed by atoms with Crippen molar-refractivity contribution in [2.24, 2.45) is 0 Å². The van der Waals surface area contributed by atoms with Gasteiger partial charge in [-0.25, -0.2) is 9.67 Å². The van der Waals surface area contributed by atoms with Gasteiger partial charge in [-0.2, -0.15) is 5.10 Å². The smallest absolute Gasteiger partial charge is 0.263 e. The van der Waals surface area contributed by atoms with Crippen LogP contribution >= 0.6 is 11.3 Å². The lowest BCUT2D eigenvalue weighted by atomic mass is 10.2. The van der Waals surface area contributed by atoms with Crippen LogP contribution in [0.15, 0.2) is 84.9 Å². The van der Waals surface area contributed by atoms with Crippen molar-refractivity contribution in [3.05, 3.63) is 90.6 Å². The lowest BCUT2D eigenvalue weighted by molar-refractivity contribution is -0.118. The maximum atomic E-state index is 12.5. The van der Waals surface area contributed by atoms with E-state index in [1.807, 2.05) is 85.8 Å². The highest BCUT2D eigenvalue weighted by molar-refractivity contribution is 7.21. The van der Waals surface area contributed by atoms with E-state index in [1.54, 1.807) is 16.0 Å². The van der Waals surface area contributed by atoms with E-state index in [0.717, 1.165) is 32.2 Å². The number of carbonyl (C=O) groups is 1. The summed E-state index contributed by atoms with van der Waals surface area (Å²) in [7, 11) is 0. The fraction of sp³-hybridized carbons (Fsp3) is 0.0800. The molecule has 0 saturated heterocycles. The molecule has 5 aromatic rings. The quantitative estimate of drug-likeness (QED) is 0.380. The molecule has 1 amide bonds. The molecular formula is C25H20N4O2S. The van der Waals surface area contributed by atoms with E-state index >= 15 is 0 Å². The summed E-state index contributed by atoms with van der Waals surface area (Å²) < 4.78 is 8.55. The summed E-state index contributed by atoms with van der Waals surface area (Å²) >= 11 is 1.65. The first-order valence-corrected chi connectivity index (χ1v) is 11.0. The number of nitrogens with zero attached hydrogens (tertiary/aromatic N) is 3. The Labute approximate surface area is 189 Å². The molecule has 0 aliphatic heterocycles. The van der Waals surface area contributed by atoms with Gasteiger partial charge in [-0.15, -0.1) is 11.3 Å². The van der Waals surface area contributed by atoms with E-state index in [2.05, 4.69) is 21.5 Å². The lowest BCUT2D eigenvalue weighted by Crippen LogP contribution is -2.21. The van der Waals surface area contributed by atoms with Crippen molar-refractivity contribution in [1.29, 1.82) is 0 Å². The Morgan fingerprint density at radius 1 is 1.00 bits per heavy atom. The largest absolute Gasteiger partial charge is 0.484 e. The molecular weight excluding hydrogens is 420 g/mol. The van der Waals surface area contributed by atoms with E-state index in [0.29, 0.717) is 11.6 Å². The fourth-order valence-electron chi connectivity index (χ4n) is 3.37. The van der Waals surface area contributed by atoms with Crippen LogP contribution in [-0.2, 0) is 4.79 Å². The molecule has 0 atom stereocenters. The Bertz CT molecular complexity index is 1340. The predicted molar refractivity (Wildman–Crippen MR) is 127 cm³/mol. The molecule has 3 aromatic carbocycles. The second-order valence-corrected chi connectivity index (χ2v) is 8.30. The number of aromatic nitrogens is 3. The summed E-state index contributed by atoms with van der Waals surface area (Å²) in [5.41, 5.74) is 3.71. The van der Waals surface area contributed by atoms with Gasteiger partial charge in [0.05, 0.1) is 21.6 Å². The molecule has 5 rings (SSSR count). The topological polar surface area (TPSA) is 69.0 Å². The van der Waals surface area contributed by atoms with Crippen LogP contribution in [0.1, 0.15) is 5.69 Å². The van der Waals surface area contributed by atoms with Gasteiger partial charge in [-0.3, -0.25) is 4.79 Å². The number of hydrogen-bond donors (Lipinski definition) is 1. The lowest BCUT2D eigenvalue weighted by Gasteiger charge is -2.10. The van der Waals surface area contributed by atoms with E-state index in [4.69, 9.17) is 4.74 Å². The number of ether oxygens (including phenoxy) is 1. The molecule has 0 radical (unpaired) electrons. The van der Waals surface area contributed by atoms with Gasteiger partial charge in [0.25, 0.3) is 5.91 Å². The highest BCUT2D eigenvalue weighted by atomic mass is 32.1. The third-order valence-electron chi connectivity index (χ3n) is 4.86. The number of fused-ring (bicyclic) bond motifs is 1. The molecule has 2 heterocycles. The summed E-state index contributed by atoms with van der Waals surface area (Å²) in [4.78, 5) is 17.2. The molecule has 0 aliphatic carbocycles.